The van der Waals surface area contributed by atoms with E-state index < -0.39 is 36.4 Å². The molecule has 0 bridgehead atoms. The number of hydrogen-bond donors (Lipinski definition) is 2. The van der Waals surface area contributed by atoms with Gasteiger partial charge in [-0.2, -0.15) is 8.78 Å². The van der Waals surface area contributed by atoms with Gasteiger partial charge in [0.1, 0.15) is 6.61 Å². The molecule has 2 aliphatic rings. The van der Waals surface area contributed by atoms with Crippen LogP contribution in [0, 0.1) is 5.92 Å². The van der Waals surface area contributed by atoms with Crippen molar-refractivity contribution >= 4 is 18.0 Å². The molecule has 0 spiro atoms. The van der Waals surface area contributed by atoms with Crippen molar-refractivity contribution in [2.75, 3.05) is 26.2 Å². The molecule has 168 valence electrons. The highest BCUT2D eigenvalue weighted by atomic mass is 19.3. The van der Waals surface area contributed by atoms with Gasteiger partial charge in [-0.3, -0.25) is 9.59 Å². The van der Waals surface area contributed by atoms with E-state index in [9.17, 15) is 23.2 Å². The minimum absolute atomic E-state index is 0.0359. The molecular weight excluding hydrogens is 422 g/mol. The molecule has 1 aliphatic heterocycles. The van der Waals surface area contributed by atoms with Gasteiger partial charge in [-0.05, 0) is 28.7 Å². The second-order valence-corrected chi connectivity index (χ2v) is 7.96. The molecule has 2 aromatic rings. The Morgan fingerprint density at radius 2 is 1.66 bits per heavy atom. The van der Waals surface area contributed by atoms with E-state index in [1.165, 1.54) is 0 Å². The third-order valence-corrected chi connectivity index (χ3v) is 5.94. The minimum Gasteiger partial charge on any atom is -0.481 e. The van der Waals surface area contributed by atoms with Crippen LogP contribution in [-0.4, -0.2) is 60.1 Å². The molecule has 0 aromatic heterocycles. The Hall–Kier alpha value is -3.49. The second kappa shape index (κ2) is 8.57. The van der Waals surface area contributed by atoms with Crippen molar-refractivity contribution in [2.24, 2.45) is 5.92 Å². The van der Waals surface area contributed by atoms with Crippen molar-refractivity contribution in [1.82, 2.24) is 10.2 Å². The zero-order valence-electron chi connectivity index (χ0n) is 17.1. The molecule has 1 saturated heterocycles. The van der Waals surface area contributed by atoms with Crippen LogP contribution in [-0.2, 0) is 14.3 Å². The number of likely N-dealkylation sites (tertiary alicyclic amines) is 1. The van der Waals surface area contributed by atoms with Gasteiger partial charge in [0.05, 0.1) is 12.5 Å². The molecule has 32 heavy (non-hydrogen) atoms. The van der Waals surface area contributed by atoms with Gasteiger partial charge in [0.15, 0.2) is 0 Å². The highest BCUT2D eigenvalue weighted by Gasteiger charge is 2.45. The lowest BCUT2D eigenvalue weighted by Crippen LogP contribution is -2.49. The van der Waals surface area contributed by atoms with Gasteiger partial charge in [-0.25, -0.2) is 4.79 Å². The topological polar surface area (TPSA) is 95.9 Å². The maximum Gasteiger partial charge on any atom is 0.407 e. The van der Waals surface area contributed by atoms with E-state index >= 15 is 0 Å². The standard InChI is InChI=1S/C23H22F2N2O5/c24-23(25,21(30)27-10-9-14(11-27)20(28)29)13-26-22(31)32-12-19-17-7-3-1-5-15(17)16-6-2-4-8-18(16)19/h1-8,14,19H,9-13H2,(H,26,31)(H,28,29). The van der Waals surface area contributed by atoms with Gasteiger partial charge in [-0.15, -0.1) is 0 Å². The zero-order valence-corrected chi connectivity index (χ0v) is 17.1. The summed E-state index contributed by atoms with van der Waals surface area (Å²) in [6.07, 6.45) is -0.930. The number of carbonyl (C=O) groups is 3. The van der Waals surface area contributed by atoms with Crippen LogP contribution in [0.4, 0.5) is 13.6 Å². The van der Waals surface area contributed by atoms with E-state index in [0.717, 1.165) is 27.2 Å². The van der Waals surface area contributed by atoms with E-state index in [1.807, 2.05) is 53.8 Å². The summed E-state index contributed by atoms with van der Waals surface area (Å²) in [6.45, 7) is -1.59. The Bertz CT molecular complexity index is 1010. The van der Waals surface area contributed by atoms with Gasteiger partial charge < -0.3 is 20.1 Å². The normalized spacial score (nSPS) is 17.6. The quantitative estimate of drug-likeness (QED) is 0.714. The lowest BCUT2D eigenvalue weighted by molar-refractivity contribution is -0.155. The van der Waals surface area contributed by atoms with Crippen molar-refractivity contribution in [3.8, 4) is 11.1 Å². The number of nitrogens with zero attached hydrogens (tertiary/aromatic N) is 1. The third kappa shape index (κ3) is 4.15. The molecule has 2 amide bonds. The predicted octanol–water partition coefficient (Wildman–Crippen LogP) is 3.09. The van der Waals surface area contributed by atoms with Crippen molar-refractivity contribution in [1.29, 1.82) is 0 Å². The number of alkyl carbamates (subject to hydrolysis) is 1. The van der Waals surface area contributed by atoms with Crippen LogP contribution in [0.5, 0.6) is 0 Å². The summed E-state index contributed by atoms with van der Waals surface area (Å²) in [6, 6.07) is 15.5. The van der Waals surface area contributed by atoms with Crippen LogP contribution in [0.2, 0.25) is 0 Å². The van der Waals surface area contributed by atoms with Crippen LogP contribution < -0.4 is 5.32 Å². The van der Waals surface area contributed by atoms with Crippen LogP contribution in [0.15, 0.2) is 48.5 Å². The first kappa shape index (κ1) is 21.7. The van der Waals surface area contributed by atoms with Crippen molar-refractivity contribution in [2.45, 2.75) is 18.3 Å². The molecule has 1 fully saturated rings. The Labute approximate surface area is 183 Å². The molecule has 1 atom stereocenters. The van der Waals surface area contributed by atoms with Crippen LogP contribution in [0.1, 0.15) is 23.5 Å². The van der Waals surface area contributed by atoms with Crippen molar-refractivity contribution < 1.29 is 33.0 Å². The number of halogens is 2. The lowest BCUT2D eigenvalue weighted by atomic mass is 9.98. The molecule has 0 saturated carbocycles. The van der Waals surface area contributed by atoms with Gasteiger partial charge in [0.2, 0.25) is 0 Å². The summed E-state index contributed by atoms with van der Waals surface area (Å²) in [4.78, 5) is 36.0. The molecule has 7 nitrogen and oxygen atoms in total. The molecule has 0 radical (unpaired) electrons. The van der Waals surface area contributed by atoms with E-state index in [4.69, 9.17) is 9.84 Å². The number of amides is 2. The summed E-state index contributed by atoms with van der Waals surface area (Å²) < 4.78 is 33.8. The molecule has 2 aromatic carbocycles. The number of fused-ring (bicyclic) bond motifs is 3. The van der Waals surface area contributed by atoms with Crippen LogP contribution >= 0.6 is 0 Å². The SMILES string of the molecule is O=C(NCC(F)(F)C(=O)N1CCC(C(=O)O)C1)OCC1c2ccccc2-c2ccccc21. The molecular formula is C23H22F2N2O5. The van der Waals surface area contributed by atoms with Gasteiger partial charge in [0, 0.05) is 19.0 Å². The summed E-state index contributed by atoms with van der Waals surface area (Å²) >= 11 is 0. The number of benzene rings is 2. The summed E-state index contributed by atoms with van der Waals surface area (Å²) in [7, 11) is 0. The van der Waals surface area contributed by atoms with Crippen LogP contribution in [0.3, 0.4) is 0 Å². The summed E-state index contributed by atoms with van der Waals surface area (Å²) in [5.74, 6) is -7.56. The number of alkyl halides is 2. The van der Waals surface area contributed by atoms with Crippen molar-refractivity contribution in [3.63, 3.8) is 0 Å². The van der Waals surface area contributed by atoms with E-state index in [1.54, 1.807) is 0 Å². The molecule has 1 heterocycles. The number of ether oxygens (including phenoxy) is 1. The molecule has 2 N–H and O–H groups in total. The number of carboxylic acid groups (broad SMARTS) is 1. The van der Waals surface area contributed by atoms with E-state index in [-0.39, 0.29) is 32.0 Å². The smallest absolute Gasteiger partial charge is 0.407 e. The van der Waals surface area contributed by atoms with Crippen molar-refractivity contribution in [3.05, 3.63) is 59.7 Å². The number of carbonyl (C=O) groups excluding carboxylic acids is 2. The minimum atomic E-state index is -3.86. The first-order chi connectivity index (χ1) is 15.3. The van der Waals surface area contributed by atoms with E-state index in [0.29, 0.717) is 0 Å². The maximum atomic E-state index is 14.3. The average molecular weight is 444 g/mol. The van der Waals surface area contributed by atoms with Crippen LogP contribution in [0.25, 0.3) is 11.1 Å². The molecule has 1 unspecified atom stereocenters. The molecule has 9 heteroatoms. The third-order valence-electron chi connectivity index (χ3n) is 5.94. The number of carboxylic acids is 1. The Balaban J connectivity index is 1.33. The molecule has 1 aliphatic carbocycles. The molecule has 4 rings (SSSR count). The zero-order chi connectivity index (χ0) is 22.9. The monoisotopic (exact) mass is 444 g/mol. The lowest BCUT2D eigenvalue weighted by Gasteiger charge is -2.23. The van der Waals surface area contributed by atoms with Gasteiger partial charge >= 0.3 is 18.0 Å². The fourth-order valence-corrected chi connectivity index (χ4v) is 4.29. The number of aliphatic carboxylic acids is 1. The number of rotatable bonds is 6. The van der Waals surface area contributed by atoms with Gasteiger partial charge in [-0.1, -0.05) is 48.5 Å². The Kier molecular flexibility index (Phi) is 5.82. The second-order valence-electron chi connectivity index (χ2n) is 7.96. The highest BCUT2D eigenvalue weighted by molar-refractivity contribution is 5.85. The summed E-state index contributed by atoms with van der Waals surface area (Å²) in [5.41, 5.74) is 4.06. The Morgan fingerprint density at radius 1 is 1.06 bits per heavy atom. The van der Waals surface area contributed by atoms with E-state index in [2.05, 4.69) is 0 Å². The first-order valence-corrected chi connectivity index (χ1v) is 10.3. The Morgan fingerprint density at radius 3 is 2.22 bits per heavy atom. The maximum absolute atomic E-state index is 14.3. The predicted molar refractivity (Wildman–Crippen MR) is 110 cm³/mol. The summed E-state index contributed by atoms with van der Waals surface area (Å²) in [5, 5.41) is 10.9. The highest BCUT2D eigenvalue weighted by Crippen LogP contribution is 2.44. The average Bonchev–Trinajstić information content (AvgIpc) is 3.40. The largest absolute Gasteiger partial charge is 0.481 e. The first-order valence-electron chi connectivity index (χ1n) is 10.3. The number of nitrogens with one attached hydrogen (secondary N) is 1. The fourth-order valence-electron chi connectivity index (χ4n) is 4.29. The fraction of sp³-hybridized carbons (Fsp3) is 0.348. The number of hydrogen-bond acceptors (Lipinski definition) is 4. The van der Waals surface area contributed by atoms with Gasteiger partial charge in [0.25, 0.3) is 5.91 Å².